The molecule has 0 saturated carbocycles. The molecule has 0 aliphatic heterocycles. The molecular weight excluding hydrogens is 274 g/mol. The highest BCUT2D eigenvalue weighted by atomic mass is 32.2. The number of benzene rings is 1. The van der Waals surface area contributed by atoms with Gasteiger partial charge in [0.15, 0.2) is 0 Å². The van der Waals surface area contributed by atoms with Crippen LogP contribution in [0.1, 0.15) is 18.4 Å². The van der Waals surface area contributed by atoms with Crippen molar-refractivity contribution in [3.63, 3.8) is 0 Å². The zero-order valence-corrected chi connectivity index (χ0v) is 12.4. The lowest BCUT2D eigenvalue weighted by Gasteiger charge is -2.05. The molecule has 1 aromatic carbocycles. The van der Waals surface area contributed by atoms with E-state index >= 15 is 0 Å². The van der Waals surface area contributed by atoms with Gasteiger partial charge in [0.05, 0.1) is 5.75 Å². The number of hydrogen-bond donors (Lipinski definition) is 1. The van der Waals surface area contributed by atoms with Crippen LogP contribution in [0.2, 0.25) is 0 Å². The molecule has 0 spiro atoms. The van der Waals surface area contributed by atoms with Crippen LogP contribution in [-0.2, 0) is 11.3 Å². The predicted octanol–water partition coefficient (Wildman–Crippen LogP) is 2.41. The Kier molecular flexibility index (Phi) is 5.17. The maximum absolute atomic E-state index is 11.5. The fraction of sp³-hybridized carbons (Fsp3) is 0.357. The Hall–Kier alpha value is -1.82. The van der Waals surface area contributed by atoms with Crippen LogP contribution in [0.25, 0.3) is 11.4 Å². The van der Waals surface area contributed by atoms with E-state index in [-0.39, 0.29) is 5.91 Å². The maximum Gasteiger partial charge on any atom is 0.230 e. The normalized spacial score (nSPS) is 10.5. The summed E-state index contributed by atoms with van der Waals surface area (Å²) in [5.74, 6) is 2.65. The Bertz CT molecular complexity index is 566. The predicted molar refractivity (Wildman–Crippen MR) is 79.3 cm³/mol. The molecule has 0 bridgehead atoms. The lowest BCUT2D eigenvalue weighted by molar-refractivity contribution is -0.118. The molecule has 6 heteroatoms. The van der Waals surface area contributed by atoms with Crippen molar-refractivity contribution in [2.75, 3.05) is 11.5 Å². The van der Waals surface area contributed by atoms with E-state index in [4.69, 9.17) is 4.52 Å². The van der Waals surface area contributed by atoms with Crippen LogP contribution in [-0.4, -0.2) is 27.6 Å². The Balaban J connectivity index is 1.90. The number of rotatable bonds is 6. The largest absolute Gasteiger partial charge is 0.351 e. The number of nitrogens with zero attached hydrogens (tertiary/aromatic N) is 2. The quantitative estimate of drug-likeness (QED) is 0.885. The third-order valence-electron chi connectivity index (χ3n) is 2.67. The van der Waals surface area contributed by atoms with Crippen molar-refractivity contribution in [3.05, 3.63) is 35.7 Å². The molecular formula is C14H17N3O2S. The van der Waals surface area contributed by atoms with E-state index in [0.717, 1.165) is 16.9 Å². The van der Waals surface area contributed by atoms with Gasteiger partial charge in [-0.3, -0.25) is 4.79 Å². The third kappa shape index (κ3) is 4.09. The van der Waals surface area contributed by atoms with Crippen molar-refractivity contribution in [2.45, 2.75) is 20.4 Å². The first-order chi connectivity index (χ1) is 9.69. The van der Waals surface area contributed by atoms with E-state index in [1.807, 2.05) is 31.2 Å². The topological polar surface area (TPSA) is 68.0 Å². The number of carbonyl (C=O) groups is 1. The van der Waals surface area contributed by atoms with Crippen molar-refractivity contribution < 1.29 is 9.32 Å². The molecule has 0 saturated heterocycles. The number of hydrogen-bond acceptors (Lipinski definition) is 5. The van der Waals surface area contributed by atoms with Gasteiger partial charge in [0.2, 0.25) is 17.6 Å². The molecule has 1 heterocycles. The molecule has 2 rings (SSSR count). The standard InChI is InChI=1S/C14H17N3O2S/c1-3-20-9-13(18)15-8-11-4-6-12(7-5-11)14-16-10(2)19-17-14/h4-7H,3,8-9H2,1-2H3,(H,15,18). The second-order valence-corrected chi connectivity index (χ2v) is 5.52. The summed E-state index contributed by atoms with van der Waals surface area (Å²) < 4.78 is 4.95. The molecule has 0 aliphatic carbocycles. The molecule has 0 atom stereocenters. The summed E-state index contributed by atoms with van der Waals surface area (Å²) in [6, 6.07) is 7.75. The first-order valence-corrected chi connectivity index (χ1v) is 7.58. The lowest BCUT2D eigenvalue weighted by Crippen LogP contribution is -2.24. The van der Waals surface area contributed by atoms with Gasteiger partial charge in [-0.05, 0) is 11.3 Å². The van der Waals surface area contributed by atoms with E-state index in [2.05, 4.69) is 15.5 Å². The van der Waals surface area contributed by atoms with Gasteiger partial charge >= 0.3 is 0 Å². The van der Waals surface area contributed by atoms with Crippen molar-refractivity contribution in [2.24, 2.45) is 0 Å². The number of thioether (sulfide) groups is 1. The summed E-state index contributed by atoms with van der Waals surface area (Å²) in [6.07, 6.45) is 0. The van der Waals surface area contributed by atoms with Gasteiger partial charge in [0.1, 0.15) is 0 Å². The van der Waals surface area contributed by atoms with E-state index in [1.54, 1.807) is 18.7 Å². The highest BCUT2D eigenvalue weighted by Crippen LogP contribution is 2.16. The van der Waals surface area contributed by atoms with Gasteiger partial charge in [-0.15, -0.1) is 0 Å². The van der Waals surface area contributed by atoms with Gasteiger partial charge in [0, 0.05) is 19.0 Å². The van der Waals surface area contributed by atoms with Gasteiger partial charge in [0.25, 0.3) is 0 Å². The zero-order valence-electron chi connectivity index (χ0n) is 11.5. The molecule has 5 nitrogen and oxygen atoms in total. The first-order valence-electron chi connectivity index (χ1n) is 6.43. The van der Waals surface area contributed by atoms with Crippen LogP contribution < -0.4 is 5.32 Å². The molecule has 2 aromatic rings. The van der Waals surface area contributed by atoms with Crippen molar-refractivity contribution in [1.82, 2.24) is 15.5 Å². The molecule has 0 radical (unpaired) electrons. The molecule has 0 fully saturated rings. The minimum absolute atomic E-state index is 0.0646. The average molecular weight is 291 g/mol. The SMILES string of the molecule is CCSCC(=O)NCc1ccc(-c2noc(C)n2)cc1. The molecule has 1 aromatic heterocycles. The van der Waals surface area contributed by atoms with Crippen molar-refractivity contribution in [1.29, 1.82) is 0 Å². The van der Waals surface area contributed by atoms with Crippen LogP contribution in [0.15, 0.2) is 28.8 Å². The van der Waals surface area contributed by atoms with Gasteiger partial charge in [-0.25, -0.2) is 0 Å². The van der Waals surface area contributed by atoms with Gasteiger partial charge in [-0.2, -0.15) is 16.7 Å². The van der Waals surface area contributed by atoms with Crippen molar-refractivity contribution in [3.8, 4) is 11.4 Å². The number of aromatic nitrogens is 2. The molecule has 106 valence electrons. The number of nitrogens with one attached hydrogen (secondary N) is 1. The molecule has 1 amide bonds. The lowest BCUT2D eigenvalue weighted by atomic mass is 10.1. The maximum atomic E-state index is 11.5. The molecule has 0 unspecified atom stereocenters. The Morgan fingerprint density at radius 3 is 2.70 bits per heavy atom. The second kappa shape index (κ2) is 7.09. The van der Waals surface area contributed by atoms with E-state index < -0.39 is 0 Å². The van der Waals surface area contributed by atoms with Crippen LogP contribution in [0.3, 0.4) is 0 Å². The minimum Gasteiger partial charge on any atom is -0.351 e. The highest BCUT2D eigenvalue weighted by Gasteiger charge is 2.06. The fourth-order valence-corrected chi connectivity index (χ4v) is 2.13. The van der Waals surface area contributed by atoms with Crippen LogP contribution in [0.4, 0.5) is 0 Å². The second-order valence-electron chi connectivity index (χ2n) is 4.25. The average Bonchev–Trinajstić information content (AvgIpc) is 2.90. The van der Waals surface area contributed by atoms with Gasteiger partial charge in [-0.1, -0.05) is 36.3 Å². The van der Waals surface area contributed by atoms with Crippen molar-refractivity contribution >= 4 is 17.7 Å². The summed E-state index contributed by atoms with van der Waals surface area (Å²) in [6.45, 7) is 4.33. The Labute approximate surface area is 122 Å². The highest BCUT2D eigenvalue weighted by molar-refractivity contribution is 7.99. The summed E-state index contributed by atoms with van der Waals surface area (Å²) in [7, 11) is 0. The Morgan fingerprint density at radius 2 is 2.10 bits per heavy atom. The summed E-state index contributed by atoms with van der Waals surface area (Å²) in [5, 5.41) is 6.75. The Morgan fingerprint density at radius 1 is 1.35 bits per heavy atom. The molecule has 0 aliphatic rings. The molecule has 20 heavy (non-hydrogen) atoms. The summed E-state index contributed by atoms with van der Waals surface area (Å²) >= 11 is 1.61. The van der Waals surface area contributed by atoms with E-state index in [1.165, 1.54) is 0 Å². The summed E-state index contributed by atoms with van der Waals surface area (Å²) in [4.78, 5) is 15.7. The minimum atomic E-state index is 0.0646. The molecule has 1 N–H and O–H groups in total. The number of amides is 1. The number of carbonyl (C=O) groups excluding carboxylic acids is 1. The van der Waals surface area contributed by atoms with Gasteiger partial charge < -0.3 is 9.84 Å². The zero-order chi connectivity index (χ0) is 14.4. The van der Waals surface area contributed by atoms with Crippen LogP contribution in [0, 0.1) is 6.92 Å². The van der Waals surface area contributed by atoms with E-state index in [0.29, 0.717) is 24.0 Å². The summed E-state index contributed by atoms with van der Waals surface area (Å²) in [5.41, 5.74) is 1.95. The van der Waals surface area contributed by atoms with E-state index in [9.17, 15) is 4.79 Å². The smallest absolute Gasteiger partial charge is 0.230 e. The monoisotopic (exact) mass is 291 g/mol. The fourth-order valence-electron chi connectivity index (χ4n) is 1.63. The first kappa shape index (κ1) is 14.6. The van der Waals surface area contributed by atoms with Crippen LogP contribution >= 0.6 is 11.8 Å². The third-order valence-corrected chi connectivity index (χ3v) is 3.54. The van der Waals surface area contributed by atoms with Crippen LogP contribution in [0.5, 0.6) is 0 Å². The number of aryl methyl sites for hydroxylation is 1.